The standard InChI is InChI=1S/C15H16N2O3S2/c1-17-6-5-9-11(8-17)22-14(12(9)15(19)20-2)16-13(18)10-4-3-7-21-10/h3-4,7H,5-6,8H2,1-2H3,(H,16,18)/p+1. The molecule has 0 aliphatic carbocycles. The van der Waals surface area contributed by atoms with Gasteiger partial charge in [0.15, 0.2) is 0 Å². The molecule has 1 atom stereocenters. The maximum absolute atomic E-state index is 12.3. The number of hydrogen-bond acceptors (Lipinski definition) is 5. The van der Waals surface area contributed by atoms with E-state index in [2.05, 4.69) is 12.4 Å². The average Bonchev–Trinajstić information content (AvgIpc) is 3.13. The van der Waals surface area contributed by atoms with Crippen molar-refractivity contribution in [2.75, 3.05) is 26.0 Å². The van der Waals surface area contributed by atoms with Crippen molar-refractivity contribution in [1.82, 2.24) is 0 Å². The highest BCUT2D eigenvalue weighted by Crippen LogP contribution is 2.35. The number of methoxy groups -OCH3 is 1. The van der Waals surface area contributed by atoms with Gasteiger partial charge in [-0.25, -0.2) is 4.79 Å². The maximum atomic E-state index is 12.3. The Labute approximate surface area is 136 Å². The molecular weight excluding hydrogens is 320 g/mol. The van der Waals surface area contributed by atoms with Crippen LogP contribution in [0.15, 0.2) is 17.5 Å². The second-order valence-electron chi connectivity index (χ2n) is 5.26. The van der Waals surface area contributed by atoms with Crippen LogP contribution in [0, 0.1) is 0 Å². The predicted molar refractivity (Wildman–Crippen MR) is 87.1 cm³/mol. The van der Waals surface area contributed by atoms with E-state index >= 15 is 0 Å². The van der Waals surface area contributed by atoms with Gasteiger partial charge in [-0.2, -0.15) is 0 Å². The lowest BCUT2D eigenvalue weighted by molar-refractivity contribution is -0.895. The summed E-state index contributed by atoms with van der Waals surface area (Å²) >= 11 is 2.86. The van der Waals surface area contributed by atoms with Crippen molar-refractivity contribution in [3.05, 3.63) is 38.4 Å². The zero-order valence-electron chi connectivity index (χ0n) is 12.4. The number of rotatable bonds is 3. The van der Waals surface area contributed by atoms with Gasteiger partial charge in [0.2, 0.25) is 0 Å². The Morgan fingerprint density at radius 1 is 1.41 bits per heavy atom. The number of ether oxygens (including phenoxy) is 1. The van der Waals surface area contributed by atoms with E-state index in [9.17, 15) is 9.59 Å². The van der Waals surface area contributed by atoms with E-state index in [-0.39, 0.29) is 11.9 Å². The quantitative estimate of drug-likeness (QED) is 0.833. The first kappa shape index (κ1) is 15.2. The number of fused-ring (bicyclic) bond motifs is 1. The summed E-state index contributed by atoms with van der Waals surface area (Å²) in [7, 11) is 3.50. The summed E-state index contributed by atoms with van der Waals surface area (Å²) < 4.78 is 4.91. The molecular formula is C15H17N2O3S2+. The number of thiophene rings is 2. The first-order valence-electron chi connectivity index (χ1n) is 6.99. The van der Waals surface area contributed by atoms with Gasteiger partial charge < -0.3 is 15.0 Å². The third kappa shape index (κ3) is 2.79. The molecule has 0 saturated carbocycles. The normalized spacial score (nSPS) is 16.9. The highest BCUT2D eigenvalue weighted by Gasteiger charge is 2.30. The Morgan fingerprint density at radius 2 is 2.23 bits per heavy atom. The van der Waals surface area contributed by atoms with Gasteiger partial charge in [-0.15, -0.1) is 22.7 Å². The number of carbonyl (C=O) groups is 2. The summed E-state index contributed by atoms with van der Waals surface area (Å²) in [4.78, 5) is 27.6. The summed E-state index contributed by atoms with van der Waals surface area (Å²) in [5.74, 6) is -0.557. The molecule has 1 aliphatic heterocycles. The highest BCUT2D eigenvalue weighted by atomic mass is 32.1. The maximum Gasteiger partial charge on any atom is 0.341 e. The van der Waals surface area contributed by atoms with Crippen molar-refractivity contribution in [1.29, 1.82) is 0 Å². The fraction of sp³-hybridized carbons (Fsp3) is 0.333. The summed E-state index contributed by atoms with van der Waals surface area (Å²) in [6.45, 7) is 1.85. The molecule has 3 heterocycles. The van der Waals surface area contributed by atoms with Gasteiger partial charge >= 0.3 is 5.97 Å². The van der Waals surface area contributed by atoms with Crippen molar-refractivity contribution in [2.24, 2.45) is 0 Å². The van der Waals surface area contributed by atoms with Crippen molar-refractivity contribution in [3.8, 4) is 0 Å². The van der Waals surface area contributed by atoms with Crippen LogP contribution in [0.2, 0.25) is 0 Å². The summed E-state index contributed by atoms with van der Waals surface area (Å²) in [5.41, 5.74) is 1.56. The van der Waals surface area contributed by atoms with Crippen LogP contribution in [0.4, 0.5) is 5.00 Å². The summed E-state index contributed by atoms with van der Waals surface area (Å²) in [6, 6.07) is 3.60. The molecule has 0 aromatic carbocycles. The van der Waals surface area contributed by atoms with Crippen LogP contribution in [-0.2, 0) is 17.7 Å². The van der Waals surface area contributed by atoms with Gasteiger partial charge in [-0.05, 0) is 17.0 Å². The van der Waals surface area contributed by atoms with Crippen molar-refractivity contribution in [3.63, 3.8) is 0 Å². The van der Waals surface area contributed by atoms with E-state index in [1.54, 1.807) is 6.07 Å². The minimum atomic E-state index is -0.376. The molecule has 2 aromatic heterocycles. The molecule has 3 rings (SSSR count). The van der Waals surface area contributed by atoms with Gasteiger partial charge in [-0.1, -0.05) is 6.07 Å². The molecule has 2 aromatic rings. The van der Waals surface area contributed by atoms with E-state index in [1.807, 2.05) is 11.4 Å². The molecule has 0 spiro atoms. The number of esters is 1. The molecule has 0 bridgehead atoms. The zero-order valence-corrected chi connectivity index (χ0v) is 14.0. The Bertz CT molecular complexity index is 707. The molecule has 1 unspecified atom stereocenters. The Hall–Kier alpha value is -1.70. The average molecular weight is 337 g/mol. The fourth-order valence-electron chi connectivity index (χ4n) is 2.60. The van der Waals surface area contributed by atoms with Gasteiger partial charge in [0.05, 0.1) is 36.0 Å². The fourth-order valence-corrected chi connectivity index (χ4v) is 4.56. The number of anilines is 1. The molecule has 0 radical (unpaired) electrons. The van der Waals surface area contributed by atoms with Crippen molar-refractivity contribution < 1.29 is 19.2 Å². The van der Waals surface area contributed by atoms with E-state index in [0.717, 1.165) is 30.0 Å². The molecule has 0 saturated heterocycles. The molecule has 5 nitrogen and oxygen atoms in total. The molecule has 116 valence electrons. The van der Waals surface area contributed by atoms with Crippen LogP contribution in [-0.4, -0.2) is 32.6 Å². The molecule has 1 amide bonds. The number of likely N-dealkylation sites (N-methyl/N-ethyl adjacent to an activating group) is 1. The van der Waals surface area contributed by atoms with Crippen LogP contribution in [0.5, 0.6) is 0 Å². The lowest BCUT2D eigenvalue weighted by atomic mass is 10.0. The topological polar surface area (TPSA) is 59.8 Å². The molecule has 1 aliphatic rings. The smallest absolute Gasteiger partial charge is 0.341 e. The number of quaternary nitrogens is 1. The third-order valence-corrected chi connectivity index (χ3v) is 5.73. The Morgan fingerprint density at radius 3 is 2.91 bits per heavy atom. The van der Waals surface area contributed by atoms with E-state index in [1.165, 1.54) is 34.7 Å². The van der Waals surface area contributed by atoms with Crippen molar-refractivity contribution in [2.45, 2.75) is 13.0 Å². The second-order valence-corrected chi connectivity index (χ2v) is 7.32. The minimum absolute atomic E-state index is 0.181. The van der Waals surface area contributed by atoms with E-state index in [0.29, 0.717) is 15.4 Å². The van der Waals surface area contributed by atoms with Crippen LogP contribution in [0.25, 0.3) is 0 Å². The lowest BCUT2D eigenvalue weighted by Crippen LogP contribution is -3.08. The van der Waals surface area contributed by atoms with Crippen LogP contribution >= 0.6 is 22.7 Å². The van der Waals surface area contributed by atoms with E-state index < -0.39 is 0 Å². The summed E-state index contributed by atoms with van der Waals surface area (Å²) in [6.07, 6.45) is 0.830. The number of carbonyl (C=O) groups excluding carboxylic acids is 2. The SMILES string of the molecule is COC(=O)c1c(NC(=O)c2cccs2)sc2c1CC[NH+](C)C2. The van der Waals surface area contributed by atoms with Gasteiger partial charge in [-0.3, -0.25) is 4.79 Å². The number of nitrogens with one attached hydrogen (secondary N) is 2. The van der Waals surface area contributed by atoms with Gasteiger partial charge in [0.25, 0.3) is 5.91 Å². The number of hydrogen-bond donors (Lipinski definition) is 2. The predicted octanol–water partition coefficient (Wildman–Crippen LogP) is 1.42. The van der Waals surface area contributed by atoms with Crippen LogP contribution < -0.4 is 10.2 Å². The van der Waals surface area contributed by atoms with E-state index in [4.69, 9.17) is 4.74 Å². The first-order chi connectivity index (χ1) is 10.6. The highest BCUT2D eigenvalue weighted by molar-refractivity contribution is 7.17. The molecule has 0 fully saturated rings. The Kier molecular flexibility index (Phi) is 4.28. The lowest BCUT2D eigenvalue weighted by Gasteiger charge is -2.19. The number of amides is 1. The Balaban J connectivity index is 1.96. The monoisotopic (exact) mass is 337 g/mol. The minimum Gasteiger partial charge on any atom is -0.465 e. The molecule has 2 N–H and O–H groups in total. The second kappa shape index (κ2) is 6.20. The molecule has 7 heteroatoms. The van der Waals surface area contributed by atoms with Gasteiger partial charge in [0, 0.05) is 6.42 Å². The first-order valence-corrected chi connectivity index (χ1v) is 8.68. The van der Waals surface area contributed by atoms with Gasteiger partial charge in [0.1, 0.15) is 11.5 Å². The summed E-state index contributed by atoms with van der Waals surface area (Å²) in [5, 5.41) is 5.34. The van der Waals surface area contributed by atoms with Crippen molar-refractivity contribution >= 4 is 39.6 Å². The zero-order chi connectivity index (χ0) is 15.7. The molecule has 22 heavy (non-hydrogen) atoms. The third-order valence-electron chi connectivity index (χ3n) is 3.72. The largest absolute Gasteiger partial charge is 0.465 e. The van der Waals surface area contributed by atoms with Crippen LogP contribution in [0.1, 0.15) is 30.5 Å². The van der Waals surface area contributed by atoms with Crippen LogP contribution in [0.3, 0.4) is 0 Å².